The van der Waals surface area contributed by atoms with Crippen LogP contribution < -0.4 is 4.63 Å². The Balaban J connectivity index is 2.21. The van der Waals surface area contributed by atoms with Gasteiger partial charge < -0.3 is 0 Å². The third-order valence-electron chi connectivity index (χ3n) is 2.81. The zero-order valence-corrected chi connectivity index (χ0v) is 10.9. The van der Waals surface area contributed by atoms with Gasteiger partial charge in [-0.1, -0.05) is 17.5 Å². The minimum absolute atomic E-state index is 0.751. The Kier molecular flexibility index (Phi) is 2.83. The predicted octanol–water partition coefficient (Wildman–Crippen LogP) is 1.64. The highest BCUT2D eigenvalue weighted by Crippen LogP contribution is 2.15. The summed E-state index contributed by atoms with van der Waals surface area (Å²) in [6.07, 6.45) is 10.3. The van der Waals surface area contributed by atoms with Gasteiger partial charge in [0.25, 0.3) is 0 Å². The number of allylic oxidation sites excluding steroid dienone is 1. The van der Waals surface area contributed by atoms with Crippen LogP contribution in [0.25, 0.3) is 17.0 Å². The Morgan fingerprint density at radius 3 is 3.26 bits per heavy atom. The lowest BCUT2D eigenvalue weighted by molar-refractivity contribution is -0.669. The van der Waals surface area contributed by atoms with Crippen molar-refractivity contribution >= 4 is 23.2 Å². The lowest BCUT2D eigenvalue weighted by atomic mass is 10.3. The van der Waals surface area contributed by atoms with Crippen LogP contribution >= 0.6 is 0 Å². The molecule has 0 aliphatic rings. The fourth-order valence-electron chi connectivity index (χ4n) is 2.01. The molecule has 0 atom stereocenters. The predicted molar refractivity (Wildman–Crippen MR) is 72.9 cm³/mol. The summed E-state index contributed by atoms with van der Waals surface area (Å²) < 4.78 is 3.74. The van der Waals surface area contributed by atoms with Crippen LogP contribution in [0.3, 0.4) is 0 Å². The van der Waals surface area contributed by atoms with Crippen molar-refractivity contribution in [2.75, 3.05) is 0 Å². The number of fused-ring (bicyclic) bond motifs is 3. The molecule has 0 amide bonds. The van der Waals surface area contributed by atoms with E-state index in [0.717, 1.165) is 29.1 Å². The smallest absolute Gasteiger partial charge is 0.245 e. The van der Waals surface area contributed by atoms with E-state index in [-0.39, 0.29) is 0 Å². The lowest BCUT2D eigenvalue weighted by Gasteiger charge is -1.99. The van der Waals surface area contributed by atoms with E-state index in [1.165, 1.54) is 0 Å². The Bertz CT molecular complexity index is 777. The molecule has 0 spiro atoms. The summed E-state index contributed by atoms with van der Waals surface area (Å²) in [4.78, 5) is 13.4. The van der Waals surface area contributed by atoms with Gasteiger partial charge in [-0.15, -0.1) is 5.10 Å². The zero-order valence-electron chi connectivity index (χ0n) is 10.9. The highest BCUT2D eigenvalue weighted by atomic mass is 15.5. The van der Waals surface area contributed by atoms with Crippen LogP contribution in [0.5, 0.6) is 0 Å². The number of nitrogens with one attached hydrogen (secondary N) is 1. The number of aliphatic imine (C=N–C) groups is 1. The number of nitrogens with zero attached hydrogens (tertiary/aromatic N) is 5. The van der Waals surface area contributed by atoms with Crippen molar-refractivity contribution in [3.8, 4) is 0 Å². The minimum atomic E-state index is 0.751. The average molecular weight is 255 g/mol. The van der Waals surface area contributed by atoms with Crippen LogP contribution in [0.2, 0.25) is 0 Å². The van der Waals surface area contributed by atoms with Crippen LogP contribution in [0.4, 0.5) is 0 Å². The van der Waals surface area contributed by atoms with Gasteiger partial charge in [-0.25, -0.2) is 9.97 Å². The normalized spacial score (nSPS) is 13.1. The first-order chi connectivity index (χ1) is 9.33. The molecule has 0 aliphatic heterocycles. The first kappa shape index (κ1) is 11.6. The average Bonchev–Trinajstić information content (AvgIpc) is 2.98. The molecule has 19 heavy (non-hydrogen) atoms. The highest BCUT2D eigenvalue weighted by molar-refractivity contribution is 5.73. The third-order valence-corrected chi connectivity index (χ3v) is 2.81. The fourth-order valence-corrected chi connectivity index (χ4v) is 2.01. The molecule has 3 aromatic heterocycles. The van der Waals surface area contributed by atoms with Crippen LogP contribution in [0.1, 0.15) is 26.0 Å². The molecular formula is C13H15N6+. The van der Waals surface area contributed by atoms with Crippen molar-refractivity contribution in [3.05, 3.63) is 36.4 Å². The van der Waals surface area contributed by atoms with Crippen molar-refractivity contribution in [2.45, 2.75) is 20.3 Å². The third kappa shape index (κ3) is 1.91. The lowest BCUT2D eigenvalue weighted by Crippen LogP contribution is -2.26. The molecule has 3 rings (SSSR count). The number of hydrogen-bond donors (Lipinski definition) is 1. The minimum Gasteiger partial charge on any atom is -0.260 e. The summed E-state index contributed by atoms with van der Waals surface area (Å²) >= 11 is 0. The molecule has 1 N–H and O–H groups in total. The maximum atomic E-state index is 4.64. The number of rotatable bonds is 3. The van der Waals surface area contributed by atoms with Gasteiger partial charge in [0.1, 0.15) is 5.69 Å². The summed E-state index contributed by atoms with van der Waals surface area (Å²) in [6.45, 7) is 3.97. The molecule has 0 aliphatic carbocycles. The molecule has 6 heteroatoms. The molecule has 0 fully saturated rings. The summed E-state index contributed by atoms with van der Waals surface area (Å²) in [5.74, 6) is 0. The van der Waals surface area contributed by atoms with E-state index < -0.39 is 0 Å². The molecule has 3 aromatic rings. The van der Waals surface area contributed by atoms with Crippen molar-refractivity contribution in [2.24, 2.45) is 4.99 Å². The van der Waals surface area contributed by atoms with Gasteiger partial charge in [-0.05, 0) is 13.3 Å². The Morgan fingerprint density at radius 1 is 1.58 bits per heavy atom. The number of H-pyrrole nitrogens is 1. The number of hydrogen-bond acceptors (Lipinski definition) is 3. The van der Waals surface area contributed by atoms with E-state index in [1.807, 2.05) is 40.6 Å². The Morgan fingerprint density at radius 2 is 2.47 bits per heavy atom. The van der Waals surface area contributed by atoms with Crippen molar-refractivity contribution in [1.82, 2.24) is 19.6 Å². The molecule has 96 valence electrons. The summed E-state index contributed by atoms with van der Waals surface area (Å²) in [7, 11) is 0. The van der Waals surface area contributed by atoms with Gasteiger partial charge in [-0.3, -0.25) is 4.99 Å². The largest absolute Gasteiger partial charge is 0.260 e. The van der Waals surface area contributed by atoms with Crippen LogP contribution in [0, 0.1) is 0 Å². The Hall–Kier alpha value is -2.50. The van der Waals surface area contributed by atoms with Crippen LogP contribution in [0.15, 0.2) is 35.7 Å². The molecule has 0 unspecified atom stereocenters. The molecular weight excluding hydrogens is 240 g/mol. The van der Waals surface area contributed by atoms with E-state index in [1.54, 1.807) is 12.4 Å². The second-order valence-corrected chi connectivity index (χ2v) is 4.10. The van der Waals surface area contributed by atoms with Crippen molar-refractivity contribution in [1.29, 1.82) is 0 Å². The second-order valence-electron chi connectivity index (χ2n) is 4.10. The zero-order chi connectivity index (χ0) is 13.2. The highest BCUT2D eigenvalue weighted by Gasteiger charge is 2.14. The van der Waals surface area contributed by atoms with E-state index in [9.17, 15) is 0 Å². The van der Waals surface area contributed by atoms with Crippen molar-refractivity contribution < 1.29 is 4.63 Å². The summed E-state index contributed by atoms with van der Waals surface area (Å²) in [5.41, 5.74) is 3.17. The molecule has 0 bridgehead atoms. The quantitative estimate of drug-likeness (QED) is 0.571. The maximum Gasteiger partial charge on any atom is 0.245 e. The number of aromatic amines is 1. The topological polar surface area (TPSA) is 62.4 Å². The molecule has 0 saturated carbocycles. The first-order valence-electron chi connectivity index (χ1n) is 6.26. The second kappa shape index (κ2) is 4.64. The van der Waals surface area contributed by atoms with E-state index in [4.69, 9.17) is 0 Å². The monoisotopic (exact) mass is 255 g/mol. The standard InChI is InChI=1S/C13H15N6/c1-3-6-10(14-4-2)11-9-15-12-13(16-11)18-7-5-8-19(18)17-12/h4-9H,3H2,1-2H3,(H,15,17)/q+1/b10-6-,14-4-. The van der Waals surface area contributed by atoms with Gasteiger partial charge >= 0.3 is 0 Å². The van der Waals surface area contributed by atoms with Crippen LogP contribution in [-0.4, -0.2) is 25.8 Å². The summed E-state index contributed by atoms with van der Waals surface area (Å²) in [5, 5.41) is 3.14. The van der Waals surface area contributed by atoms with Gasteiger partial charge in [0.15, 0.2) is 0 Å². The maximum absolute atomic E-state index is 4.64. The number of aromatic nitrogens is 5. The SMILES string of the molecule is C/C=N\C(=C/CC)c1cnc2[nH][n+]3cccn3c2n1. The first-order valence-corrected chi connectivity index (χ1v) is 6.26. The van der Waals surface area contributed by atoms with Crippen LogP contribution in [-0.2, 0) is 0 Å². The molecule has 6 nitrogen and oxygen atoms in total. The van der Waals surface area contributed by atoms with Gasteiger partial charge in [0.2, 0.25) is 17.5 Å². The molecule has 0 saturated heterocycles. The Labute approximate surface area is 110 Å². The van der Waals surface area contributed by atoms with Gasteiger partial charge in [0.05, 0.1) is 18.1 Å². The van der Waals surface area contributed by atoms with E-state index in [2.05, 4.69) is 27.0 Å². The van der Waals surface area contributed by atoms with E-state index in [0.29, 0.717) is 0 Å². The van der Waals surface area contributed by atoms with Gasteiger partial charge in [0, 0.05) is 16.9 Å². The van der Waals surface area contributed by atoms with E-state index >= 15 is 0 Å². The molecule has 0 aromatic carbocycles. The van der Waals surface area contributed by atoms with Crippen molar-refractivity contribution in [3.63, 3.8) is 0 Å². The molecule has 0 radical (unpaired) electrons. The summed E-state index contributed by atoms with van der Waals surface area (Å²) in [6, 6.07) is 1.94. The molecule has 3 heterocycles. The fraction of sp³-hybridized carbons (Fsp3) is 0.231. The van der Waals surface area contributed by atoms with Gasteiger partial charge in [-0.2, -0.15) is 0 Å².